The zero-order chi connectivity index (χ0) is 13.7. The predicted octanol–water partition coefficient (Wildman–Crippen LogP) is 2.12. The number of nitrogens with zero attached hydrogens (tertiary/aromatic N) is 1. The summed E-state index contributed by atoms with van der Waals surface area (Å²) in [6.45, 7) is -0.254. The minimum Gasteiger partial charge on any atom is -0.487 e. The molecule has 0 saturated heterocycles. The Morgan fingerprint density at radius 1 is 1.28 bits per heavy atom. The third kappa shape index (κ3) is 3.11. The number of nitriles is 1. The molecule has 1 aromatic rings. The Hall–Kier alpha value is -1.81. The first-order chi connectivity index (χ1) is 8.51. The van der Waals surface area contributed by atoms with Gasteiger partial charge in [-0.25, -0.2) is 8.78 Å². The molecule has 0 aliphatic heterocycles. The van der Waals surface area contributed by atoms with Crippen LogP contribution in [-0.2, 0) is 0 Å². The molecule has 0 fully saturated rings. The molecule has 0 aliphatic carbocycles. The number of ether oxygens (including phenoxy) is 1. The quantitative estimate of drug-likeness (QED) is 0.653. The lowest BCUT2D eigenvalue weighted by Crippen LogP contribution is -2.25. The van der Waals surface area contributed by atoms with Crippen LogP contribution in [0, 0.1) is 34.6 Å². The van der Waals surface area contributed by atoms with Crippen molar-refractivity contribution in [3.05, 3.63) is 29.3 Å². The molecule has 0 saturated carbocycles. The van der Waals surface area contributed by atoms with Gasteiger partial charge in [0.05, 0.1) is 18.7 Å². The summed E-state index contributed by atoms with van der Waals surface area (Å²) in [5, 5.41) is 11.2. The first-order valence-electron chi connectivity index (χ1n) is 5.04. The Morgan fingerprint density at radius 2 is 1.83 bits per heavy atom. The van der Waals surface area contributed by atoms with Gasteiger partial charge in [-0.3, -0.25) is 0 Å². The highest BCUT2D eigenvalue weighted by atomic mass is 19.2. The van der Waals surface area contributed by atoms with Crippen molar-refractivity contribution < 1.29 is 22.3 Å². The Bertz CT molecular complexity index is 447. The monoisotopic (exact) mass is 262 g/mol. The minimum absolute atomic E-state index is 0.100. The van der Waals surface area contributed by atoms with Gasteiger partial charge in [-0.1, -0.05) is 0 Å². The number of rotatable bonds is 5. The van der Waals surface area contributed by atoms with Gasteiger partial charge in [-0.2, -0.15) is 14.0 Å². The van der Waals surface area contributed by atoms with Crippen molar-refractivity contribution in [1.82, 2.24) is 5.32 Å². The van der Waals surface area contributed by atoms with Crippen LogP contribution in [0.1, 0.15) is 6.42 Å². The molecule has 98 valence electrons. The summed E-state index contributed by atoms with van der Waals surface area (Å²) >= 11 is 0. The smallest absolute Gasteiger partial charge is 0.203 e. The first-order valence-corrected chi connectivity index (χ1v) is 5.04. The Labute approximate surface area is 101 Å². The summed E-state index contributed by atoms with van der Waals surface area (Å²) in [5.41, 5.74) is 0. The van der Waals surface area contributed by atoms with Crippen LogP contribution >= 0.6 is 0 Å². The second-order valence-electron chi connectivity index (χ2n) is 3.40. The molecular formula is C11H10F4N2O. The van der Waals surface area contributed by atoms with E-state index in [-0.39, 0.29) is 19.1 Å². The fourth-order valence-corrected chi connectivity index (χ4v) is 1.23. The lowest BCUT2D eigenvalue weighted by atomic mass is 10.2. The van der Waals surface area contributed by atoms with Crippen LogP contribution in [0.2, 0.25) is 0 Å². The second-order valence-corrected chi connectivity index (χ2v) is 3.40. The minimum atomic E-state index is -1.59. The molecule has 3 nitrogen and oxygen atoms in total. The van der Waals surface area contributed by atoms with Gasteiger partial charge in [0.15, 0.2) is 17.4 Å². The van der Waals surface area contributed by atoms with E-state index in [2.05, 4.69) is 10.1 Å². The number of hydrogen-bond acceptors (Lipinski definition) is 3. The molecule has 1 N–H and O–H groups in total. The standard InChI is InChI=1S/C11H10F4N2O/c1-17-6(5-16)2-3-18-11-9(14)7(12)4-8(13)10(11)15/h4,6,17H,2-3H2,1H3. The molecule has 0 amide bonds. The summed E-state index contributed by atoms with van der Waals surface area (Å²) in [6.07, 6.45) is 0.115. The fourth-order valence-electron chi connectivity index (χ4n) is 1.23. The third-order valence-corrected chi connectivity index (χ3v) is 2.23. The molecule has 0 aliphatic rings. The lowest BCUT2D eigenvalue weighted by molar-refractivity contribution is 0.260. The van der Waals surface area contributed by atoms with E-state index in [4.69, 9.17) is 5.26 Å². The van der Waals surface area contributed by atoms with Crippen molar-refractivity contribution in [2.24, 2.45) is 0 Å². The molecule has 1 rings (SSSR count). The van der Waals surface area contributed by atoms with E-state index in [9.17, 15) is 17.6 Å². The van der Waals surface area contributed by atoms with E-state index >= 15 is 0 Å². The number of hydrogen-bond donors (Lipinski definition) is 1. The Morgan fingerprint density at radius 3 is 2.28 bits per heavy atom. The molecule has 0 bridgehead atoms. The van der Waals surface area contributed by atoms with Crippen molar-refractivity contribution >= 4 is 0 Å². The molecule has 18 heavy (non-hydrogen) atoms. The lowest BCUT2D eigenvalue weighted by Gasteiger charge is -2.11. The van der Waals surface area contributed by atoms with Crippen molar-refractivity contribution in [2.75, 3.05) is 13.7 Å². The molecule has 0 radical (unpaired) electrons. The molecule has 7 heteroatoms. The van der Waals surface area contributed by atoms with E-state index in [1.54, 1.807) is 0 Å². The maximum atomic E-state index is 13.1. The van der Waals surface area contributed by atoms with Crippen LogP contribution in [0.15, 0.2) is 6.07 Å². The number of nitrogens with one attached hydrogen (secondary N) is 1. The van der Waals surface area contributed by atoms with E-state index in [1.807, 2.05) is 6.07 Å². The summed E-state index contributed by atoms with van der Waals surface area (Å²) in [4.78, 5) is 0. The molecular weight excluding hydrogens is 252 g/mol. The highest BCUT2D eigenvalue weighted by Crippen LogP contribution is 2.26. The molecule has 1 unspecified atom stereocenters. The zero-order valence-corrected chi connectivity index (χ0v) is 9.44. The van der Waals surface area contributed by atoms with E-state index < -0.39 is 35.1 Å². The highest BCUT2D eigenvalue weighted by Gasteiger charge is 2.20. The number of benzene rings is 1. The molecule has 1 atom stereocenters. The van der Waals surface area contributed by atoms with Gasteiger partial charge in [0.1, 0.15) is 0 Å². The van der Waals surface area contributed by atoms with Crippen LogP contribution in [0.3, 0.4) is 0 Å². The molecule has 0 heterocycles. The van der Waals surface area contributed by atoms with Crippen LogP contribution in [0.5, 0.6) is 5.75 Å². The van der Waals surface area contributed by atoms with Gasteiger partial charge < -0.3 is 10.1 Å². The van der Waals surface area contributed by atoms with Gasteiger partial charge in [0, 0.05) is 12.5 Å². The van der Waals surface area contributed by atoms with Crippen molar-refractivity contribution in [3.63, 3.8) is 0 Å². The zero-order valence-electron chi connectivity index (χ0n) is 9.44. The van der Waals surface area contributed by atoms with Crippen molar-refractivity contribution in [1.29, 1.82) is 5.26 Å². The normalized spacial score (nSPS) is 12.0. The molecule has 0 spiro atoms. The summed E-state index contributed by atoms with van der Waals surface area (Å²) in [7, 11) is 1.52. The SMILES string of the molecule is CNC(C#N)CCOc1c(F)c(F)cc(F)c1F. The second kappa shape index (κ2) is 6.21. The average molecular weight is 262 g/mol. The van der Waals surface area contributed by atoms with E-state index in [0.717, 1.165) is 0 Å². The maximum Gasteiger partial charge on any atom is 0.203 e. The Kier molecular flexibility index (Phi) is 4.92. The topological polar surface area (TPSA) is 45.0 Å². The van der Waals surface area contributed by atoms with Crippen LogP contribution in [-0.4, -0.2) is 19.7 Å². The highest BCUT2D eigenvalue weighted by molar-refractivity contribution is 5.28. The van der Waals surface area contributed by atoms with Crippen LogP contribution < -0.4 is 10.1 Å². The van der Waals surface area contributed by atoms with Gasteiger partial charge in [-0.05, 0) is 7.05 Å². The number of halogens is 4. The Balaban J connectivity index is 2.77. The van der Waals surface area contributed by atoms with Gasteiger partial charge in [-0.15, -0.1) is 0 Å². The maximum absolute atomic E-state index is 13.1. The first kappa shape index (κ1) is 14.3. The third-order valence-electron chi connectivity index (χ3n) is 2.23. The fraction of sp³-hybridized carbons (Fsp3) is 0.364. The van der Waals surface area contributed by atoms with E-state index in [0.29, 0.717) is 0 Å². The summed E-state index contributed by atoms with van der Waals surface area (Å²) in [5.74, 6) is -7.36. The largest absolute Gasteiger partial charge is 0.487 e. The predicted molar refractivity (Wildman–Crippen MR) is 54.8 cm³/mol. The van der Waals surface area contributed by atoms with Crippen LogP contribution in [0.4, 0.5) is 17.6 Å². The van der Waals surface area contributed by atoms with Crippen molar-refractivity contribution in [2.45, 2.75) is 12.5 Å². The molecule has 1 aromatic carbocycles. The van der Waals surface area contributed by atoms with Crippen LogP contribution in [0.25, 0.3) is 0 Å². The average Bonchev–Trinajstić information content (AvgIpc) is 2.36. The summed E-state index contributed by atoms with van der Waals surface area (Å²) < 4.78 is 56.6. The van der Waals surface area contributed by atoms with Gasteiger partial charge in [0.25, 0.3) is 0 Å². The summed E-state index contributed by atoms with van der Waals surface area (Å²) in [6, 6.07) is 1.39. The van der Waals surface area contributed by atoms with Gasteiger partial charge >= 0.3 is 0 Å². The van der Waals surface area contributed by atoms with Crippen molar-refractivity contribution in [3.8, 4) is 11.8 Å². The van der Waals surface area contributed by atoms with E-state index in [1.165, 1.54) is 7.05 Å². The van der Waals surface area contributed by atoms with Gasteiger partial charge in [0.2, 0.25) is 11.6 Å². The molecule has 0 aromatic heterocycles.